The van der Waals surface area contributed by atoms with Crippen molar-refractivity contribution in [3.8, 4) is 11.8 Å². The smallest absolute Gasteiger partial charge is 0.322 e. The van der Waals surface area contributed by atoms with E-state index in [9.17, 15) is 9.90 Å². The molecule has 3 rings (SSSR count). The summed E-state index contributed by atoms with van der Waals surface area (Å²) in [5.74, 6) is 6.04. The molecule has 5 heteroatoms. The molecular formula is C19H19N3O2. The van der Waals surface area contributed by atoms with Crippen LogP contribution in [-0.4, -0.2) is 40.2 Å². The van der Waals surface area contributed by atoms with Gasteiger partial charge in [-0.25, -0.2) is 9.78 Å². The molecule has 2 aromatic rings. The van der Waals surface area contributed by atoms with Crippen molar-refractivity contribution >= 4 is 11.7 Å². The molecule has 2 N–H and O–H groups in total. The van der Waals surface area contributed by atoms with E-state index in [1.807, 2.05) is 42.5 Å². The van der Waals surface area contributed by atoms with Crippen LogP contribution in [-0.2, 0) is 0 Å². The average Bonchev–Trinajstić information content (AvgIpc) is 3.10. The summed E-state index contributed by atoms with van der Waals surface area (Å²) in [6.07, 6.45) is 3.47. The standard InChI is InChI=1S/C19H19N3O2/c23-14-18-8-4-12-22(18)19(24)21-17-7-3-5-15(13-17)9-10-16-6-1-2-11-20-16/h1-3,5-7,11,13,18,23H,4,8,12,14H2,(H,21,24)/t18-/m0/s1. The molecule has 1 saturated heterocycles. The molecule has 0 radical (unpaired) electrons. The lowest BCUT2D eigenvalue weighted by Gasteiger charge is -2.23. The van der Waals surface area contributed by atoms with Crippen LogP contribution in [0.15, 0.2) is 48.7 Å². The van der Waals surface area contributed by atoms with Crippen LogP contribution >= 0.6 is 0 Å². The van der Waals surface area contributed by atoms with Crippen molar-refractivity contribution in [2.45, 2.75) is 18.9 Å². The first kappa shape index (κ1) is 16.0. The molecule has 1 aliphatic rings. The first-order chi connectivity index (χ1) is 11.8. The number of benzene rings is 1. The molecule has 0 saturated carbocycles. The van der Waals surface area contributed by atoms with E-state index in [1.54, 1.807) is 11.1 Å². The number of nitrogens with one attached hydrogen (secondary N) is 1. The monoisotopic (exact) mass is 321 g/mol. The fraction of sp³-hybridized carbons (Fsp3) is 0.263. The van der Waals surface area contributed by atoms with E-state index in [-0.39, 0.29) is 18.7 Å². The fourth-order valence-electron chi connectivity index (χ4n) is 2.74. The second kappa shape index (κ2) is 7.62. The van der Waals surface area contributed by atoms with Gasteiger partial charge < -0.3 is 15.3 Å². The van der Waals surface area contributed by atoms with Gasteiger partial charge >= 0.3 is 6.03 Å². The summed E-state index contributed by atoms with van der Waals surface area (Å²) in [4.78, 5) is 18.2. The second-order valence-corrected chi connectivity index (χ2v) is 5.65. The quantitative estimate of drug-likeness (QED) is 0.835. The minimum atomic E-state index is -0.179. The van der Waals surface area contributed by atoms with E-state index in [2.05, 4.69) is 22.1 Å². The minimum Gasteiger partial charge on any atom is -0.394 e. The SMILES string of the molecule is O=C(Nc1cccc(C#Cc2ccccn2)c1)N1CCC[C@H]1CO. The predicted molar refractivity (Wildman–Crippen MR) is 92.5 cm³/mol. The van der Waals surface area contributed by atoms with Crippen molar-refractivity contribution in [2.75, 3.05) is 18.5 Å². The molecule has 0 bridgehead atoms. The van der Waals surface area contributed by atoms with Crippen molar-refractivity contribution in [1.82, 2.24) is 9.88 Å². The Balaban J connectivity index is 1.69. The van der Waals surface area contributed by atoms with Gasteiger partial charge in [0.15, 0.2) is 0 Å². The number of amides is 2. The number of aromatic nitrogens is 1. The number of likely N-dealkylation sites (tertiary alicyclic amines) is 1. The number of pyridine rings is 1. The van der Waals surface area contributed by atoms with Gasteiger partial charge in [-0.15, -0.1) is 0 Å². The number of aliphatic hydroxyl groups excluding tert-OH is 1. The molecule has 2 heterocycles. The number of carbonyl (C=O) groups excluding carboxylic acids is 1. The van der Waals surface area contributed by atoms with Gasteiger partial charge in [-0.2, -0.15) is 0 Å². The van der Waals surface area contributed by atoms with E-state index < -0.39 is 0 Å². The highest BCUT2D eigenvalue weighted by Gasteiger charge is 2.27. The zero-order valence-corrected chi connectivity index (χ0v) is 13.3. The molecule has 0 spiro atoms. The summed E-state index contributed by atoms with van der Waals surface area (Å²) in [6.45, 7) is 0.680. The number of carbonyl (C=O) groups is 1. The third kappa shape index (κ3) is 3.92. The Bertz CT molecular complexity index is 765. The summed E-state index contributed by atoms with van der Waals surface area (Å²) >= 11 is 0. The van der Waals surface area contributed by atoms with Crippen LogP contribution in [0.5, 0.6) is 0 Å². The molecular weight excluding hydrogens is 302 g/mol. The Morgan fingerprint density at radius 3 is 3.00 bits per heavy atom. The summed E-state index contributed by atoms with van der Waals surface area (Å²) < 4.78 is 0. The molecule has 1 atom stereocenters. The van der Waals surface area contributed by atoms with E-state index in [4.69, 9.17) is 0 Å². The molecule has 0 aliphatic carbocycles. The summed E-state index contributed by atoms with van der Waals surface area (Å²) in [5.41, 5.74) is 2.20. The van der Waals surface area contributed by atoms with Gasteiger partial charge in [0, 0.05) is 24.0 Å². The van der Waals surface area contributed by atoms with E-state index in [0.717, 1.165) is 18.4 Å². The van der Waals surface area contributed by atoms with Crippen LogP contribution in [0.4, 0.5) is 10.5 Å². The van der Waals surface area contributed by atoms with Crippen molar-refractivity contribution in [3.05, 3.63) is 59.9 Å². The molecule has 5 nitrogen and oxygen atoms in total. The molecule has 24 heavy (non-hydrogen) atoms. The zero-order valence-electron chi connectivity index (χ0n) is 13.3. The van der Waals surface area contributed by atoms with Crippen LogP contribution in [0.1, 0.15) is 24.1 Å². The summed E-state index contributed by atoms with van der Waals surface area (Å²) in [6, 6.07) is 12.7. The Morgan fingerprint density at radius 2 is 2.21 bits per heavy atom. The number of hydrogen-bond acceptors (Lipinski definition) is 3. The largest absolute Gasteiger partial charge is 0.394 e. The molecule has 1 aromatic heterocycles. The topological polar surface area (TPSA) is 65.5 Å². The molecule has 2 amide bonds. The highest BCUT2D eigenvalue weighted by molar-refractivity contribution is 5.90. The van der Waals surface area contributed by atoms with Crippen LogP contribution in [0.3, 0.4) is 0 Å². The lowest BCUT2D eigenvalue weighted by molar-refractivity contribution is 0.166. The zero-order chi connectivity index (χ0) is 16.8. The number of nitrogens with zero attached hydrogens (tertiary/aromatic N) is 2. The number of anilines is 1. The number of urea groups is 1. The third-order valence-electron chi connectivity index (χ3n) is 3.96. The molecule has 1 aliphatic heterocycles. The van der Waals surface area contributed by atoms with Gasteiger partial charge in [0.2, 0.25) is 0 Å². The highest BCUT2D eigenvalue weighted by atomic mass is 16.3. The van der Waals surface area contributed by atoms with Gasteiger partial charge in [0.25, 0.3) is 0 Å². The minimum absolute atomic E-state index is 0.00299. The van der Waals surface area contributed by atoms with Crippen molar-refractivity contribution < 1.29 is 9.90 Å². The molecule has 1 aromatic carbocycles. The van der Waals surface area contributed by atoms with Crippen molar-refractivity contribution in [2.24, 2.45) is 0 Å². The maximum Gasteiger partial charge on any atom is 0.322 e. The normalized spacial score (nSPS) is 16.4. The van der Waals surface area contributed by atoms with Crippen LogP contribution < -0.4 is 5.32 Å². The lowest BCUT2D eigenvalue weighted by atomic mass is 10.2. The van der Waals surface area contributed by atoms with E-state index >= 15 is 0 Å². The third-order valence-corrected chi connectivity index (χ3v) is 3.96. The van der Waals surface area contributed by atoms with Gasteiger partial charge in [-0.1, -0.05) is 18.1 Å². The van der Waals surface area contributed by atoms with E-state index in [1.165, 1.54) is 0 Å². The predicted octanol–water partition coefficient (Wildman–Crippen LogP) is 2.47. The maximum atomic E-state index is 12.3. The van der Waals surface area contributed by atoms with Crippen LogP contribution in [0.2, 0.25) is 0 Å². The number of aliphatic hydroxyl groups is 1. The Labute approximate surface area is 141 Å². The number of rotatable bonds is 2. The Hall–Kier alpha value is -2.84. The van der Waals surface area contributed by atoms with Crippen LogP contribution in [0, 0.1) is 11.8 Å². The fourth-order valence-corrected chi connectivity index (χ4v) is 2.74. The highest BCUT2D eigenvalue weighted by Crippen LogP contribution is 2.19. The van der Waals surface area contributed by atoms with E-state index in [0.29, 0.717) is 17.9 Å². The van der Waals surface area contributed by atoms with Gasteiger partial charge in [0.05, 0.1) is 12.6 Å². The first-order valence-electron chi connectivity index (χ1n) is 7.98. The average molecular weight is 321 g/mol. The lowest BCUT2D eigenvalue weighted by Crippen LogP contribution is -2.40. The molecule has 0 unspecified atom stereocenters. The van der Waals surface area contributed by atoms with Crippen LogP contribution in [0.25, 0.3) is 0 Å². The summed E-state index contributed by atoms with van der Waals surface area (Å²) in [5, 5.41) is 12.2. The first-order valence-corrected chi connectivity index (χ1v) is 7.98. The Kier molecular flexibility index (Phi) is 5.09. The van der Waals surface area contributed by atoms with Gasteiger partial charge in [-0.05, 0) is 49.1 Å². The Morgan fingerprint density at radius 1 is 1.29 bits per heavy atom. The van der Waals surface area contributed by atoms with Crippen molar-refractivity contribution in [3.63, 3.8) is 0 Å². The number of hydrogen-bond donors (Lipinski definition) is 2. The van der Waals surface area contributed by atoms with Crippen molar-refractivity contribution in [1.29, 1.82) is 0 Å². The molecule has 1 fully saturated rings. The second-order valence-electron chi connectivity index (χ2n) is 5.65. The van der Waals surface area contributed by atoms with Gasteiger partial charge in [-0.3, -0.25) is 0 Å². The molecule has 122 valence electrons. The maximum absolute atomic E-state index is 12.3. The van der Waals surface area contributed by atoms with Gasteiger partial charge in [0.1, 0.15) is 5.69 Å². The summed E-state index contributed by atoms with van der Waals surface area (Å²) in [7, 11) is 0.